The molecule has 7 rings (SSSR count). The average Bonchev–Trinajstić information content (AvgIpc) is 3.23. The molecule has 5 aromatic carbocycles. The van der Waals surface area contributed by atoms with Crippen LogP contribution in [0.3, 0.4) is 0 Å². The Morgan fingerprint density at radius 2 is 1.05 bits per heavy atom. The Morgan fingerprint density at radius 3 is 1.51 bits per heavy atom. The molecule has 0 aliphatic carbocycles. The van der Waals surface area contributed by atoms with Crippen molar-refractivity contribution in [3.8, 4) is 11.5 Å². The highest BCUT2D eigenvalue weighted by molar-refractivity contribution is 6.07. The molecule has 0 atom stereocenters. The number of phenolic OH excluding ortho intramolecular Hbond substituents is 1. The zero-order valence-corrected chi connectivity index (χ0v) is 34.1. The predicted octanol–water partition coefficient (Wildman–Crippen LogP) is 11.1. The summed E-state index contributed by atoms with van der Waals surface area (Å²) in [7, 11) is 0. The number of nitrogens with one attached hydrogen (secondary N) is 4. The molecular formula is C47H40F6N4O6. The van der Waals surface area contributed by atoms with E-state index in [9.17, 15) is 50.6 Å². The van der Waals surface area contributed by atoms with Crippen LogP contribution in [0, 0.1) is 0 Å². The number of pyridine rings is 2. The number of halogens is 6. The van der Waals surface area contributed by atoms with E-state index in [1.165, 1.54) is 18.3 Å². The van der Waals surface area contributed by atoms with Gasteiger partial charge in [0.1, 0.15) is 29.2 Å². The number of phenols is 1. The van der Waals surface area contributed by atoms with Crippen LogP contribution in [0.2, 0.25) is 0 Å². The Hall–Kier alpha value is -7.36. The lowest BCUT2D eigenvalue weighted by Crippen LogP contribution is -2.23. The maximum atomic E-state index is 14.0. The number of rotatable bonds is 9. The summed E-state index contributed by atoms with van der Waals surface area (Å²) in [6, 6.07) is 26.1. The zero-order valence-electron chi connectivity index (χ0n) is 34.1. The van der Waals surface area contributed by atoms with E-state index >= 15 is 0 Å². The second-order valence-corrected chi connectivity index (χ2v) is 15.0. The Morgan fingerprint density at radius 1 is 0.619 bits per heavy atom. The van der Waals surface area contributed by atoms with Crippen LogP contribution in [0.15, 0.2) is 125 Å². The molecule has 0 aliphatic rings. The predicted molar refractivity (Wildman–Crippen MR) is 229 cm³/mol. The normalized spacial score (nSPS) is 11.7. The number of amides is 2. The average molecular weight is 871 g/mol. The van der Waals surface area contributed by atoms with Crippen molar-refractivity contribution < 1.29 is 45.8 Å². The number of anilines is 2. The lowest BCUT2D eigenvalue weighted by Gasteiger charge is -2.21. The molecule has 16 heteroatoms. The van der Waals surface area contributed by atoms with Crippen LogP contribution in [0.5, 0.6) is 11.5 Å². The molecule has 0 saturated carbocycles. The maximum absolute atomic E-state index is 14.0. The van der Waals surface area contributed by atoms with E-state index in [-0.39, 0.29) is 57.4 Å². The summed E-state index contributed by atoms with van der Waals surface area (Å²) in [6.07, 6.45) is -7.14. The fourth-order valence-electron chi connectivity index (χ4n) is 6.70. The number of alkyl halides is 6. The smallest absolute Gasteiger partial charge is 0.418 e. The van der Waals surface area contributed by atoms with Crippen molar-refractivity contribution in [2.24, 2.45) is 0 Å². The number of carbonyl (C=O) groups excluding carboxylic acids is 2. The van der Waals surface area contributed by atoms with Gasteiger partial charge in [0.2, 0.25) is 10.9 Å². The maximum Gasteiger partial charge on any atom is 0.418 e. The summed E-state index contributed by atoms with van der Waals surface area (Å²) in [5.41, 5.74) is -2.71. The number of hydrogen-bond acceptors (Lipinski definition) is 6. The first-order valence-electron chi connectivity index (χ1n) is 19.4. The van der Waals surface area contributed by atoms with Crippen LogP contribution < -0.4 is 26.2 Å². The van der Waals surface area contributed by atoms with Crippen LogP contribution in [-0.2, 0) is 19.0 Å². The molecular weight excluding hydrogens is 831 g/mol. The first-order valence-corrected chi connectivity index (χ1v) is 19.4. The highest BCUT2D eigenvalue weighted by Gasteiger charge is 2.37. The molecule has 0 aliphatic heterocycles. The van der Waals surface area contributed by atoms with E-state index in [4.69, 9.17) is 4.74 Å². The van der Waals surface area contributed by atoms with Gasteiger partial charge in [-0.15, -0.1) is 0 Å². The summed E-state index contributed by atoms with van der Waals surface area (Å²) in [4.78, 5) is 56.3. The van der Waals surface area contributed by atoms with Gasteiger partial charge in [-0.3, -0.25) is 19.2 Å². The Bertz CT molecular complexity index is 2940. The van der Waals surface area contributed by atoms with Crippen LogP contribution in [0.4, 0.5) is 37.7 Å². The van der Waals surface area contributed by atoms with Crippen molar-refractivity contribution in [2.75, 3.05) is 10.6 Å². The van der Waals surface area contributed by atoms with Crippen molar-refractivity contribution >= 4 is 45.0 Å². The summed E-state index contributed by atoms with van der Waals surface area (Å²) >= 11 is 0. The first kappa shape index (κ1) is 45.2. The molecule has 0 fully saturated rings. The van der Waals surface area contributed by atoms with E-state index in [1.54, 1.807) is 70.2 Å². The Labute approximate surface area is 355 Å². The van der Waals surface area contributed by atoms with Gasteiger partial charge in [-0.05, 0) is 64.9 Å². The molecule has 0 bridgehead atoms. The van der Waals surface area contributed by atoms with Gasteiger partial charge < -0.3 is 30.4 Å². The van der Waals surface area contributed by atoms with Gasteiger partial charge in [0.15, 0.2) is 0 Å². The van der Waals surface area contributed by atoms with Gasteiger partial charge in [-0.25, -0.2) is 0 Å². The summed E-state index contributed by atoms with van der Waals surface area (Å²) in [6.45, 7) is 6.95. The van der Waals surface area contributed by atoms with Gasteiger partial charge in [-0.2, -0.15) is 26.3 Å². The highest BCUT2D eigenvalue weighted by atomic mass is 19.4. The largest absolute Gasteiger partial charge is 0.508 e. The Kier molecular flexibility index (Phi) is 13.1. The van der Waals surface area contributed by atoms with E-state index in [1.807, 2.05) is 30.3 Å². The lowest BCUT2D eigenvalue weighted by atomic mass is 9.97. The molecule has 7 aromatic rings. The van der Waals surface area contributed by atoms with Gasteiger partial charge in [0.25, 0.3) is 11.8 Å². The second kappa shape index (κ2) is 18.3. The van der Waals surface area contributed by atoms with E-state index in [2.05, 4.69) is 20.6 Å². The van der Waals surface area contributed by atoms with Crippen molar-refractivity contribution in [1.29, 1.82) is 0 Å². The monoisotopic (exact) mass is 870 g/mol. The molecule has 5 N–H and O–H groups in total. The molecule has 0 saturated heterocycles. The molecule has 0 unspecified atom stereocenters. The molecule has 2 amide bonds. The number of aromatic nitrogens is 2. The number of ether oxygens (including phenoxy) is 1. The van der Waals surface area contributed by atoms with Crippen LogP contribution >= 0.6 is 0 Å². The zero-order chi connectivity index (χ0) is 45.8. The van der Waals surface area contributed by atoms with Crippen molar-refractivity contribution in [3.05, 3.63) is 175 Å². The molecule has 326 valence electrons. The molecule has 63 heavy (non-hydrogen) atoms. The van der Waals surface area contributed by atoms with Gasteiger partial charge in [0.05, 0.1) is 22.5 Å². The summed E-state index contributed by atoms with van der Waals surface area (Å²) < 4.78 is 88.1. The van der Waals surface area contributed by atoms with Crippen LogP contribution in [0.25, 0.3) is 21.8 Å². The number of aromatic amines is 2. The second-order valence-electron chi connectivity index (χ2n) is 15.0. The number of fused-ring (bicyclic) bond motifs is 2. The summed E-state index contributed by atoms with van der Waals surface area (Å²) in [5.74, 6) is -2.72. The SMILES string of the molecule is CC(C)c1cc(C(F)(F)F)c(NC(=O)c2c[nH]c3ccccc3c2=O)cc1O.CC(C)c1cc(C(F)(F)F)c(NC(=O)c2c[nH]c3ccccc3c2=O)cc1OCc1ccccc1. The number of para-hydroxylation sites is 2. The van der Waals surface area contributed by atoms with Crippen molar-refractivity contribution in [2.45, 2.75) is 58.5 Å². The van der Waals surface area contributed by atoms with Gasteiger partial charge >= 0.3 is 12.4 Å². The third kappa shape index (κ3) is 10.2. The highest BCUT2D eigenvalue weighted by Crippen LogP contribution is 2.42. The quantitative estimate of drug-likeness (QED) is 0.0911. The number of H-pyrrole nitrogens is 2. The molecule has 2 aromatic heterocycles. The number of benzene rings is 5. The third-order valence-electron chi connectivity index (χ3n) is 9.97. The minimum absolute atomic E-state index is 0.105. The minimum atomic E-state index is -4.75. The Balaban J connectivity index is 0.000000215. The minimum Gasteiger partial charge on any atom is -0.508 e. The lowest BCUT2D eigenvalue weighted by molar-refractivity contribution is -0.137. The number of hydrogen-bond donors (Lipinski definition) is 5. The fraction of sp³-hybridized carbons (Fsp3) is 0.191. The fourth-order valence-corrected chi connectivity index (χ4v) is 6.70. The van der Waals surface area contributed by atoms with E-state index in [0.29, 0.717) is 16.6 Å². The topological polar surface area (TPSA) is 153 Å². The van der Waals surface area contributed by atoms with Gasteiger partial charge in [0, 0.05) is 46.3 Å². The third-order valence-corrected chi connectivity index (χ3v) is 9.97. The van der Waals surface area contributed by atoms with Crippen molar-refractivity contribution in [3.63, 3.8) is 0 Å². The number of carbonyl (C=O) groups is 2. The molecule has 10 nitrogen and oxygen atoms in total. The van der Waals surface area contributed by atoms with Crippen molar-refractivity contribution in [1.82, 2.24) is 9.97 Å². The van der Waals surface area contributed by atoms with Crippen LogP contribution in [0.1, 0.15) is 88.1 Å². The summed E-state index contributed by atoms with van der Waals surface area (Å²) in [5, 5.41) is 14.9. The van der Waals surface area contributed by atoms with E-state index in [0.717, 1.165) is 30.0 Å². The first-order chi connectivity index (χ1) is 29.7. The molecule has 0 radical (unpaired) electrons. The molecule has 0 spiro atoms. The van der Waals surface area contributed by atoms with Crippen LogP contribution in [-0.4, -0.2) is 26.9 Å². The standard InChI is InChI=1S/C27H23F3N2O3.C20H17F3N2O3/c1-16(2)19-12-21(27(28,29)30)23(13-24(19)35-15-17-8-4-3-5-9-17)32-26(34)20-14-31-22-11-7-6-10-18(22)25(20)33;1-10(2)12-7-14(20(21,22)23)16(8-17(12)26)25-19(28)13-9-24-15-6-4-3-5-11(15)18(13)27/h3-14,16H,15H2,1-2H3,(H,31,33)(H,32,34);3-10,26H,1-2H3,(H,24,27)(H,25,28). The van der Waals surface area contributed by atoms with Gasteiger partial charge in [-0.1, -0.05) is 82.3 Å². The van der Waals surface area contributed by atoms with E-state index < -0.39 is 57.5 Å². The molecule has 2 heterocycles. The number of aromatic hydroxyl groups is 1.